The molecule has 0 spiro atoms. The molecule has 13 heavy (non-hydrogen) atoms. The van der Waals surface area contributed by atoms with Crippen LogP contribution in [0.15, 0.2) is 18.2 Å². The Morgan fingerprint density at radius 3 is 2.62 bits per heavy atom. The van der Waals surface area contributed by atoms with Crippen molar-refractivity contribution >= 4 is 0 Å². The van der Waals surface area contributed by atoms with Crippen LogP contribution in [0.2, 0.25) is 0 Å². The molecule has 1 heteroatoms. The van der Waals surface area contributed by atoms with Crippen molar-refractivity contribution in [3.8, 4) is 0 Å². The van der Waals surface area contributed by atoms with Crippen molar-refractivity contribution in [3.05, 3.63) is 29.3 Å². The van der Waals surface area contributed by atoms with E-state index in [0.29, 0.717) is 0 Å². The molecule has 0 amide bonds. The van der Waals surface area contributed by atoms with Gasteiger partial charge in [-0.05, 0) is 0 Å². The summed E-state index contributed by atoms with van der Waals surface area (Å²) in [7, 11) is 0. The molecule has 1 aromatic rings. The average Bonchev–Trinajstić information content (AvgIpc) is 2.50. The van der Waals surface area contributed by atoms with E-state index in [0.717, 1.165) is 0 Å². The molecule has 0 aliphatic carbocycles. The molecule has 0 nitrogen and oxygen atoms in total. The summed E-state index contributed by atoms with van der Waals surface area (Å²) in [5.41, 5.74) is 3.05. The topological polar surface area (TPSA) is 0 Å². The molecule has 0 fully saturated rings. The Labute approximate surface area is 101 Å². The zero-order valence-electron chi connectivity index (χ0n) is 8.77. The molecule has 0 saturated carbocycles. The molecular weight excluding hydrogens is 323 g/mol. The van der Waals surface area contributed by atoms with Crippen molar-refractivity contribution in [2.75, 3.05) is 0 Å². The van der Waals surface area contributed by atoms with E-state index in [9.17, 15) is 0 Å². The van der Waals surface area contributed by atoms with Gasteiger partial charge < -0.3 is 0 Å². The van der Waals surface area contributed by atoms with Gasteiger partial charge in [-0.15, -0.1) is 0 Å². The van der Waals surface area contributed by atoms with Crippen LogP contribution in [0.1, 0.15) is 44.2 Å². The van der Waals surface area contributed by atoms with Crippen molar-refractivity contribution < 1.29 is 25.8 Å². The van der Waals surface area contributed by atoms with E-state index in [1.165, 1.54) is 43.2 Å². The quantitative estimate of drug-likeness (QED) is 0.566. The Morgan fingerprint density at radius 1 is 1.23 bits per heavy atom. The van der Waals surface area contributed by atoms with Crippen LogP contribution in [-0.2, 0) is 38.7 Å². The van der Waals surface area contributed by atoms with E-state index < -0.39 is 0 Å². The number of aryl methyl sites for hydroxylation is 2. The van der Waals surface area contributed by atoms with Crippen LogP contribution in [0.25, 0.3) is 0 Å². The van der Waals surface area contributed by atoms with E-state index in [1.807, 2.05) is 0 Å². The first-order chi connectivity index (χ1) is 5.86. The van der Waals surface area contributed by atoms with Gasteiger partial charge in [-0.2, -0.15) is 23.3 Å². The fourth-order valence-corrected chi connectivity index (χ4v) is 1.53. The Hall–Kier alpha value is 0.220. The minimum absolute atomic E-state index is 0. The molecule has 0 atom stereocenters. The number of rotatable bonds is 5. The van der Waals surface area contributed by atoms with Crippen molar-refractivity contribution in [1.29, 1.82) is 0 Å². The molecule has 0 bridgehead atoms. The van der Waals surface area contributed by atoms with Crippen LogP contribution in [-0.4, -0.2) is 0 Å². The third-order valence-electron chi connectivity index (χ3n) is 2.24. The third-order valence-corrected chi connectivity index (χ3v) is 2.24. The second kappa shape index (κ2) is 7.61. The molecule has 0 N–H and O–H groups in total. The first kappa shape index (κ1) is 13.2. The zero-order chi connectivity index (χ0) is 8.81. The fourth-order valence-electron chi connectivity index (χ4n) is 1.53. The molecule has 0 aliphatic heterocycles. The monoisotopic (exact) mass is 343 g/mol. The molecule has 0 radical (unpaired) electrons. The largest absolute Gasteiger partial charge is 0.210 e. The molecule has 0 aromatic heterocycles. The Kier molecular flexibility index (Phi) is 7.74. The van der Waals surface area contributed by atoms with Gasteiger partial charge in [-0.25, -0.2) is 6.07 Å². The predicted octanol–water partition coefficient (Wildman–Crippen LogP) is 3.70. The maximum Gasteiger partial charge on any atom is 0 e. The van der Waals surface area contributed by atoms with Crippen LogP contribution < -0.4 is 0 Å². The summed E-state index contributed by atoms with van der Waals surface area (Å²) >= 11 is 0. The van der Waals surface area contributed by atoms with E-state index in [-0.39, 0.29) is 25.8 Å². The van der Waals surface area contributed by atoms with Crippen LogP contribution in [0.3, 0.4) is 0 Å². The van der Waals surface area contributed by atoms with E-state index >= 15 is 0 Å². The van der Waals surface area contributed by atoms with Gasteiger partial charge in [0, 0.05) is 25.8 Å². The van der Waals surface area contributed by atoms with Gasteiger partial charge in [-0.3, -0.25) is 0 Å². The summed E-state index contributed by atoms with van der Waals surface area (Å²) in [4.78, 5) is 0. The first-order valence-corrected chi connectivity index (χ1v) is 5.11. The van der Waals surface area contributed by atoms with Gasteiger partial charge in [0.15, 0.2) is 0 Å². The van der Waals surface area contributed by atoms with E-state index in [2.05, 4.69) is 32.0 Å². The van der Waals surface area contributed by atoms with Crippen LogP contribution in [0, 0.1) is 0 Å². The SMILES string of the molecule is CCCCc1cc[c-](CCC)c1.[Hf]. The zero-order valence-corrected chi connectivity index (χ0v) is 12.4. The van der Waals surface area contributed by atoms with Crippen molar-refractivity contribution in [2.45, 2.75) is 46.0 Å². The Balaban J connectivity index is 0.00000144. The van der Waals surface area contributed by atoms with Gasteiger partial charge in [-0.1, -0.05) is 46.0 Å². The molecule has 1 rings (SSSR count). The molecule has 0 aliphatic rings. The number of unbranched alkanes of at least 4 members (excludes halogenated alkanes) is 1. The smallest absolute Gasteiger partial charge is 0 e. The fraction of sp³-hybridized carbons (Fsp3) is 0.583. The van der Waals surface area contributed by atoms with Crippen molar-refractivity contribution in [1.82, 2.24) is 0 Å². The minimum Gasteiger partial charge on any atom is -0.210 e. The predicted molar refractivity (Wildman–Crippen MR) is 54.6 cm³/mol. The summed E-state index contributed by atoms with van der Waals surface area (Å²) < 4.78 is 0. The van der Waals surface area contributed by atoms with Gasteiger partial charge >= 0.3 is 0 Å². The minimum atomic E-state index is 0. The molecule has 0 saturated heterocycles. The summed E-state index contributed by atoms with van der Waals surface area (Å²) in [6, 6.07) is 6.91. The molecule has 0 unspecified atom stereocenters. The summed E-state index contributed by atoms with van der Waals surface area (Å²) in [5.74, 6) is 0. The molecule has 1 aromatic carbocycles. The summed E-state index contributed by atoms with van der Waals surface area (Å²) in [5, 5.41) is 0. The molecular formula is C12H19Hf-. The van der Waals surface area contributed by atoms with Crippen molar-refractivity contribution in [2.24, 2.45) is 0 Å². The van der Waals surface area contributed by atoms with Crippen LogP contribution in [0.4, 0.5) is 0 Å². The maximum atomic E-state index is 2.36. The first-order valence-electron chi connectivity index (χ1n) is 5.11. The molecule has 0 heterocycles. The average molecular weight is 342 g/mol. The van der Waals surface area contributed by atoms with E-state index in [1.54, 1.807) is 0 Å². The Morgan fingerprint density at radius 2 is 2.00 bits per heavy atom. The summed E-state index contributed by atoms with van der Waals surface area (Å²) in [6.45, 7) is 4.48. The third kappa shape index (κ3) is 4.85. The number of hydrogen-bond donors (Lipinski definition) is 0. The van der Waals surface area contributed by atoms with Gasteiger partial charge in [0.05, 0.1) is 0 Å². The van der Waals surface area contributed by atoms with Gasteiger partial charge in [0.1, 0.15) is 0 Å². The van der Waals surface area contributed by atoms with Crippen LogP contribution in [0.5, 0.6) is 0 Å². The van der Waals surface area contributed by atoms with Crippen LogP contribution >= 0.6 is 0 Å². The normalized spacial score (nSPS) is 9.69. The van der Waals surface area contributed by atoms with Gasteiger partial charge in [0.2, 0.25) is 0 Å². The standard InChI is InChI=1S/C12H19.Hf/c1-3-5-7-12-9-8-11(10-12)6-4-2;/h8-10H,3-7H2,1-2H3;/q-1;. The summed E-state index contributed by atoms with van der Waals surface area (Å²) in [6.07, 6.45) is 6.40. The second-order valence-electron chi connectivity index (χ2n) is 3.48. The number of hydrogen-bond acceptors (Lipinski definition) is 0. The van der Waals surface area contributed by atoms with E-state index in [4.69, 9.17) is 0 Å². The maximum absolute atomic E-state index is 2.36. The van der Waals surface area contributed by atoms with Crippen molar-refractivity contribution in [3.63, 3.8) is 0 Å². The molecule has 72 valence electrons. The second-order valence-corrected chi connectivity index (χ2v) is 3.48. The Bertz CT molecular complexity index is 213. The van der Waals surface area contributed by atoms with Gasteiger partial charge in [0.25, 0.3) is 0 Å².